The van der Waals surface area contributed by atoms with Crippen molar-refractivity contribution in [1.29, 1.82) is 0 Å². The lowest BCUT2D eigenvalue weighted by atomic mass is 10.1. The van der Waals surface area contributed by atoms with Gasteiger partial charge in [-0.05, 0) is 30.3 Å². The maximum atomic E-state index is 12.8. The molecule has 0 amide bonds. The van der Waals surface area contributed by atoms with E-state index in [1.165, 1.54) is 48.5 Å². The fourth-order valence-electron chi connectivity index (χ4n) is 2.56. The van der Waals surface area contributed by atoms with Gasteiger partial charge in [-0.15, -0.1) is 4.40 Å². The summed E-state index contributed by atoms with van der Waals surface area (Å²) in [4.78, 5) is 11.4. The van der Waals surface area contributed by atoms with Crippen LogP contribution in [0.5, 0.6) is 0 Å². The molecule has 3 rings (SSSR count). The van der Waals surface area contributed by atoms with Crippen LogP contribution in [0.4, 0.5) is 0 Å². The zero-order valence-corrected chi connectivity index (χ0v) is 18.5. The van der Waals surface area contributed by atoms with Gasteiger partial charge in [0.15, 0.2) is 5.78 Å². The van der Waals surface area contributed by atoms with Crippen LogP contribution in [0, 0.1) is 0 Å². The molecule has 13 heteroatoms. The first-order valence-electron chi connectivity index (χ1n) is 8.31. The summed E-state index contributed by atoms with van der Waals surface area (Å²) in [6.45, 7) is 0. The van der Waals surface area contributed by atoms with Gasteiger partial charge >= 0.3 is 9.24 Å². The van der Waals surface area contributed by atoms with Crippen LogP contribution in [0.2, 0.25) is 0 Å². The first-order valence-corrected chi connectivity index (χ1v) is 13.5. The third kappa shape index (κ3) is 5.28. The SMILES string of the molecule is O=C1C=C(NS(=O)(=O)c2ccccc2)/C(=N\S(=O)(=O)Cl)C=C1S(=O)(=O)c1ccccc1. The summed E-state index contributed by atoms with van der Waals surface area (Å²) < 4.78 is 79.0. The summed E-state index contributed by atoms with van der Waals surface area (Å²) in [5.74, 6) is -1.07. The van der Waals surface area contributed by atoms with Crippen molar-refractivity contribution in [2.45, 2.75) is 9.79 Å². The summed E-state index contributed by atoms with van der Waals surface area (Å²) in [5, 5.41) is 0. The number of sulfonamides is 1. The predicted octanol–water partition coefficient (Wildman–Crippen LogP) is 1.71. The largest absolute Gasteiger partial charge is 0.340 e. The van der Waals surface area contributed by atoms with E-state index in [9.17, 15) is 30.0 Å². The normalized spacial score (nSPS) is 16.5. The number of ketones is 1. The second-order valence-corrected chi connectivity index (χ2v) is 11.8. The number of rotatable bonds is 6. The smallest absolute Gasteiger partial charge is 0.288 e. The van der Waals surface area contributed by atoms with Gasteiger partial charge in [0, 0.05) is 16.8 Å². The lowest BCUT2D eigenvalue weighted by molar-refractivity contribution is -0.110. The Morgan fingerprint density at radius 1 is 0.742 bits per heavy atom. The van der Waals surface area contributed by atoms with Crippen LogP contribution in [-0.4, -0.2) is 36.7 Å². The molecule has 0 fully saturated rings. The number of halogens is 1. The Bertz CT molecular complexity index is 1440. The fraction of sp³-hybridized carbons (Fsp3) is 0. The Morgan fingerprint density at radius 3 is 1.77 bits per heavy atom. The van der Waals surface area contributed by atoms with E-state index >= 15 is 0 Å². The highest BCUT2D eigenvalue weighted by Gasteiger charge is 2.32. The van der Waals surface area contributed by atoms with E-state index in [-0.39, 0.29) is 9.79 Å². The number of hydrogen-bond donors (Lipinski definition) is 1. The van der Waals surface area contributed by atoms with E-state index in [0.29, 0.717) is 12.2 Å². The van der Waals surface area contributed by atoms with E-state index < -0.39 is 51.2 Å². The Balaban J connectivity index is 2.11. The molecular weight excluding hydrogens is 488 g/mol. The number of allylic oxidation sites excluding steroid dienone is 3. The minimum Gasteiger partial charge on any atom is -0.288 e. The zero-order valence-electron chi connectivity index (χ0n) is 15.3. The van der Waals surface area contributed by atoms with E-state index in [2.05, 4.69) is 4.40 Å². The molecule has 0 saturated carbocycles. The second-order valence-electron chi connectivity index (χ2n) is 6.05. The minimum absolute atomic E-state index is 0.178. The molecule has 2 aromatic rings. The van der Waals surface area contributed by atoms with Gasteiger partial charge < -0.3 is 0 Å². The molecule has 1 aliphatic rings. The summed E-state index contributed by atoms with van der Waals surface area (Å²) in [5.41, 5.74) is -1.21. The second kappa shape index (κ2) is 8.38. The number of hydrogen-bond acceptors (Lipinski definition) is 7. The summed E-state index contributed by atoms with van der Waals surface area (Å²) in [7, 11) is -8.03. The molecule has 0 bridgehead atoms. The molecule has 0 spiro atoms. The molecule has 0 unspecified atom stereocenters. The number of benzene rings is 2. The Morgan fingerprint density at radius 2 is 1.26 bits per heavy atom. The van der Waals surface area contributed by atoms with Crippen LogP contribution in [0.1, 0.15) is 0 Å². The minimum atomic E-state index is -4.59. The summed E-state index contributed by atoms with van der Waals surface area (Å²) >= 11 is 0. The van der Waals surface area contributed by atoms with Crippen LogP contribution in [0.15, 0.2) is 97.6 Å². The monoisotopic (exact) mass is 500 g/mol. The van der Waals surface area contributed by atoms with Crippen LogP contribution in [0.25, 0.3) is 0 Å². The van der Waals surface area contributed by atoms with Crippen LogP contribution < -0.4 is 4.72 Å². The maximum absolute atomic E-state index is 12.8. The Hall–Kier alpha value is -2.80. The quantitative estimate of drug-likeness (QED) is 0.469. The molecular formula is C18H13ClN2O7S3. The van der Waals surface area contributed by atoms with E-state index in [4.69, 9.17) is 10.7 Å². The first-order chi connectivity index (χ1) is 14.4. The van der Waals surface area contributed by atoms with E-state index in [1.807, 2.05) is 4.72 Å². The third-order valence-corrected chi connectivity index (χ3v) is 7.70. The molecule has 0 heterocycles. The molecule has 0 saturated heterocycles. The highest BCUT2D eigenvalue weighted by Crippen LogP contribution is 2.25. The molecule has 0 atom stereocenters. The molecule has 162 valence electrons. The van der Waals surface area contributed by atoms with Crippen molar-refractivity contribution in [2.75, 3.05) is 0 Å². The van der Waals surface area contributed by atoms with Gasteiger partial charge in [0.25, 0.3) is 10.0 Å². The molecule has 9 nitrogen and oxygen atoms in total. The van der Waals surface area contributed by atoms with Crippen LogP contribution >= 0.6 is 10.7 Å². The lowest BCUT2D eigenvalue weighted by Crippen LogP contribution is -2.31. The average molecular weight is 501 g/mol. The number of nitrogens with one attached hydrogen (secondary N) is 1. The fourth-order valence-corrected chi connectivity index (χ4v) is 5.62. The summed E-state index contributed by atoms with van der Waals surface area (Å²) in [6.07, 6.45) is 1.30. The van der Waals surface area contributed by atoms with Crippen molar-refractivity contribution >= 4 is 51.3 Å². The van der Waals surface area contributed by atoms with Gasteiger partial charge in [0.05, 0.1) is 15.5 Å². The van der Waals surface area contributed by atoms with Crippen molar-refractivity contribution in [3.63, 3.8) is 0 Å². The van der Waals surface area contributed by atoms with Gasteiger partial charge in [0.2, 0.25) is 9.84 Å². The van der Waals surface area contributed by atoms with Gasteiger partial charge in [-0.2, -0.15) is 8.42 Å². The average Bonchev–Trinajstić information content (AvgIpc) is 2.70. The number of nitrogens with zero attached hydrogens (tertiary/aromatic N) is 1. The number of carbonyl (C=O) groups is 1. The summed E-state index contributed by atoms with van der Waals surface area (Å²) in [6, 6.07) is 14.0. The van der Waals surface area contributed by atoms with Crippen molar-refractivity contribution < 1.29 is 30.0 Å². The molecule has 0 aromatic heterocycles. The molecule has 1 N–H and O–H groups in total. The topological polar surface area (TPSA) is 144 Å². The lowest BCUT2D eigenvalue weighted by Gasteiger charge is -2.17. The molecule has 31 heavy (non-hydrogen) atoms. The maximum Gasteiger partial charge on any atom is 0.340 e. The van der Waals surface area contributed by atoms with Crippen LogP contribution in [-0.2, 0) is 33.9 Å². The van der Waals surface area contributed by atoms with E-state index in [0.717, 1.165) is 0 Å². The number of carbonyl (C=O) groups excluding carboxylic acids is 1. The highest BCUT2D eigenvalue weighted by atomic mass is 35.7. The Labute approximate surface area is 183 Å². The third-order valence-electron chi connectivity index (χ3n) is 3.91. The Kier molecular flexibility index (Phi) is 6.18. The molecule has 1 aliphatic carbocycles. The molecule has 0 radical (unpaired) electrons. The standard InChI is InChI=1S/C18H13ClN2O7S3/c19-31(27,28)21-16-12-18(29(23,24)13-7-3-1-4-8-13)17(22)11-15(16)20-30(25,26)14-9-5-2-6-10-14/h1-12,20H/b21-16-. The highest BCUT2D eigenvalue weighted by molar-refractivity contribution is 8.12. The van der Waals surface area contributed by atoms with Crippen molar-refractivity contribution in [2.24, 2.45) is 4.40 Å². The van der Waals surface area contributed by atoms with Gasteiger partial charge in [-0.25, -0.2) is 16.8 Å². The van der Waals surface area contributed by atoms with Crippen LogP contribution in [0.3, 0.4) is 0 Å². The first kappa shape index (κ1) is 22.9. The van der Waals surface area contributed by atoms with Crippen molar-refractivity contribution in [3.05, 3.63) is 83.4 Å². The molecule has 0 aliphatic heterocycles. The van der Waals surface area contributed by atoms with Gasteiger partial charge in [-0.3, -0.25) is 9.52 Å². The zero-order chi connectivity index (χ0) is 22.9. The predicted molar refractivity (Wildman–Crippen MR) is 114 cm³/mol. The molecule has 2 aromatic carbocycles. The van der Waals surface area contributed by atoms with Gasteiger partial charge in [-0.1, -0.05) is 36.4 Å². The van der Waals surface area contributed by atoms with E-state index in [1.54, 1.807) is 12.1 Å². The number of sulfone groups is 1. The van der Waals surface area contributed by atoms with Crippen molar-refractivity contribution in [1.82, 2.24) is 4.72 Å². The van der Waals surface area contributed by atoms with Crippen molar-refractivity contribution in [3.8, 4) is 0 Å². The van der Waals surface area contributed by atoms with Gasteiger partial charge in [0.1, 0.15) is 10.6 Å².